The highest BCUT2D eigenvalue weighted by Crippen LogP contribution is 2.25. The van der Waals surface area contributed by atoms with Crippen LogP contribution in [0, 0.1) is 5.92 Å². The van der Waals surface area contributed by atoms with Crippen LogP contribution in [-0.4, -0.2) is 20.4 Å². The van der Waals surface area contributed by atoms with Crippen LogP contribution >= 0.6 is 11.6 Å². The smallest absolute Gasteiger partial charge is 0.111 e. The molecule has 0 spiro atoms. The number of alkyl halides is 1. The van der Waals surface area contributed by atoms with Crippen molar-refractivity contribution in [3.8, 4) is 0 Å². The third kappa shape index (κ3) is 2.29. The lowest BCUT2D eigenvalue weighted by molar-refractivity contribution is 0.406. The van der Waals surface area contributed by atoms with Gasteiger partial charge in [-0.25, -0.2) is 4.98 Å². The molecule has 0 N–H and O–H groups in total. The standard InChI is InChI=1S/C13H18ClN3/c1-9(2)10(3)17-12-5-7-15-8-11(12)16-13(17)4-6-14/h5,7-10H,4,6H2,1-3H3. The second-order valence-corrected chi connectivity index (χ2v) is 5.06. The van der Waals surface area contributed by atoms with Gasteiger partial charge in [-0.05, 0) is 18.9 Å². The molecular formula is C13H18ClN3. The lowest BCUT2D eigenvalue weighted by atomic mass is 10.1. The predicted octanol–water partition coefficient (Wildman–Crippen LogP) is 3.43. The minimum Gasteiger partial charge on any atom is -0.325 e. The molecule has 0 amide bonds. The van der Waals surface area contributed by atoms with Gasteiger partial charge in [-0.3, -0.25) is 4.98 Å². The maximum Gasteiger partial charge on any atom is 0.111 e. The summed E-state index contributed by atoms with van der Waals surface area (Å²) >= 11 is 5.85. The van der Waals surface area contributed by atoms with Crippen molar-refractivity contribution >= 4 is 22.6 Å². The van der Waals surface area contributed by atoms with E-state index in [-0.39, 0.29) is 0 Å². The summed E-state index contributed by atoms with van der Waals surface area (Å²) < 4.78 is 2.30. The fourth-order valence-electron chi connectivity index (χ4n) is 2.01. The molecule has 2 heterocycles. The molecule has 0 bridgehead atoms. The monoisotopic (exact) mass is 251 g/mol. The molecule has 0 aliphatic heterocycles. The molecule has 2 aromatic rings. The zero-order valence-electron chi connectivity index (χ0n) is 10.5. The van der Waals surface area contributed by atoms with Crippen LogP contribution in [0.1, 0.15) is 32.6 Å². The Morgan fingerprint density at radius 2 is 2.12 bits per heavy atom. The number of rotatable bonds is 4. The summed E-state index contributed by atoms with van der Waals surface area (Å²) in [5.41, 5.74) is 2.11. The molecule has 0 saturated carbocycles. The normalized spacial score (nSPS) is 13.5. The minimum absolute atomic E-state index is 0.417. The topological polar surface area (TPSA) is 30.7 Å². The number of aromatic nitrogens is 3. The quantitative estimate of drug-likeness (QED) is 0.780. The van der Waals surface area contributed by atoms with Gasteiger partial charge in [0.15, 0.2) is 0 Å². The SMILES string of the molecule is CC(C)C(C)n1c(CCCl)nc2cnccc21. The summed E-state index contributed by atoms with van der Waals surface area (Å²) in [6.07, 6.45) is 4.43. The van der Waals surface area contributed by atoms with Gasteiger partial charge < -0.3 is 4.57 Å². The fraction of sp³-hybridized carbons (Fsp3) is 0.538. The summed E-state index contributed by atoms with van der Waals surface area (Å²) in [6, 6.07) is 2.44. The molecular weight excluding hydrogens is 234 g/mol. The van der Waals surface area contributed by atoms with Gasteiger partial charge >= 0.3 is 0 Å². The van der Waals surface area contributed by atoms with E-state index in [0.717, 1.165) is 23.3 Å². The van der Waals surface area contributed by atoms with Crippen molar-refractivity contribution in [1.82, 2.24) is 14.5 Å². The predicted molar refractivity (Wildman–Crippen MR) is 71.5 cm³/mol. The van der Waals surface area contributed by atoms with Crippen molar-refractivity contribution < 1.29 is 0 Å². The number of hydrogen-bond donors (Lipinski definition) is 0. The zero-order chi connectivity index (χ0) is 12.4. The van der Waals surface area contributed by atoms with Crippen LogP contribution in [0.3, 0.4) is 0 Å². The van der Waals surface area contributed by atoms with Gasteiger partial charge in [0.05, 0.1) is 11.7 Å². The van der Waals surface area contributed by atoms with Crippen LogP contribution in [0.2, 0.25) is 0 Å². The van der Waals surface area contributed by atoms with Gasteiger partial charge in [0.25, 0.3) is 0 Å². The van der Waals surface area contributed by atoms with Crippen molar-refractivity contribution in [2.45, 2.75) is 33.2 Å². The Balaban J connectivity index is 2.59. The minimum atomic E-state index is 0.417. The third-order valence-corrected chi connectivity index (χ3v) is 3.44. The van der Waals surface area contributed by atoms with Crippen LogP contribution in [0.15, 0.2) is 18.5 Å². The Labute approximate surface area is 107 Å². The molecule has 0 saturated heterocycles. The zero-order valence-corrected chi connectivity index (χ0v) is 11.3. The number of aryl methyl sites for hydroxylation is 1. The van der Waals surface area contributed by atoms with Crippen molar-refractivity contribution in [3.63, 3.8) is 0 Å². The first-order valence-electron chi connectivity index (χ1n) is 6.02. The van der Waals surface area contributed by atoms with Crippen LogP contribution in [-0.2, 0) is 6.42 Å². The van der Waals surface area contributed by atoms with Crippen LogP contribution in [0.4, 0.5) is 0 Å². The number of pyridine rings is 1. The van der Waals surface area contributed by atoms with Gasteiger partial charge in [-0.1, -0.05) is 13.8 Å². The third-order valence-electron chi connectivity index (χ3n) is 3.26. The first-order chi connectivity index (χ1) is 8.15. The first-order valence-corrected chi connectivity index (χ1v) is 6.55. The van der Waals surface area contributed by atoms with E-state index < -0.39 is 0 Å². The first kappa shape index (κ1) is 12.4. The average Bonchev–Trinajstić information content (AvgIpc) is 2.66. The van der Waals surface area contributed by atoms with Gasteiger partial charge in [0.1, 0.15) is 11.3 Å². The molecule has 0 fully saturated rings. The Morgan fingerprint density at radius 1 is 1.35 bits per heavy atom. The largest absolute Gasteiger partial charge is 0.325 e. The molecule has 4 heteroatoms. The molecule has 92 valence electrons. The van der Waals surface area contributed by atoms with E-state index in [0.29, 0.717) is 17.8 Å². The van der Waals surface area contributed by atoms with E-state index in [1.54, 1.807) is 0 Å². The summed E-state index contributed by atoms with van der Waals surface area (Å²) in [6.45, 7) is 6.67. The van der Waals surface area contributed by atoms with E-state index in [4.69, 9.17) is 11.6 Å². The number of fused-ring (bicyclic) bond motifs is 1. The Hall–Kier alpha value is -1.09. The van der Waals surface area contributed by atoms with Gasteiger partial charge in [-0.15, -0.1) is 11.6 Å². The van der Waals surface area contributed by atoms with E-state index >= 15 is 0 Å². The van der Waals surface area contributed by atoms with E-state index in [1.165, 1.54) is 0 Å². The van der Waals surface area contributed by atoms with Crippen molar-refractivity contribution in [3.05, 3.63) is 24.3 Å². The summed E-state index contributed by atoms with van der Waals surface area (Å²) in [5.74, 6) is 2.22. The summed E-state index contributed by atoms with van der Waals surface area (Å²) in [5, 5.41) is 0. The van der Waals surface area contributed by atoms with E-state index in [9.17, 15) is 0 Å². The van der Waals surface area contributed by atoms with Crippen LogP contribution in [0.25, 0.3) is 11.0 Å². The highest BCUT2D eigenvalue weighted by molar-refractivity contribution is 6.17. The lowest BCUT2D eigenvalue weighted by Crippen LogP contribution is -2.14. The van der Waals surface area contributed by atoms with E-state index in [2.05, 4.69) is 35.3 Å². The Kier molecular flexibility index (Phi) is 3.67. The number of imidazole rings is 1. The van der Waals surface area contributed by atoms with Gasteiger partial charge in [0, 0.05) is 24.5 Å². The van der Waals surface area contributed by atoms with Crippen LogP contribution in [0.5, 0.6) is 0 Å². The lowest BCUT2D eigenvalue weighted by Gasteiger charge is -2.20. The number of nitrogens with zero attached hydrogens (tertiary/aromatic N) is 3. The van der Waals surface area contributed by atoms with Gasteiger partial charge in [0.2, 0.25) is 0 Å². The van der Waals surface area contributed by atoms with E-state index in [1.807, 2.05) is 18.5 Å². The highest BCUT2D eigenvalue weighted by Gasteiger charge is 2.17. The maximum absolute atomic E-state index is 5.85. The van der Waals surface area contributed by atoms with Crippen molar-refractivity contribution in [2.24, 2.45) is 5.92 Å². The molecule has 17 heavy (non-hydrogen) atoms. The molecule has 2 rings (SSSR count). The molecule has 0 aliphatic carbocycles. The maximum atomic E-state index is 5.85. The molecule has 0 aromatic carbocycles. The Morgan fingerprint density at radius 3 is 2.76 bits per heavy atom. The highest BCUT2D eigenvalue weighted by atomic mass is 35.5. The second-order valence-electron chi connectivity index (χ2n) is 4.69. The molecule has 0 radical (unpaired) electrons. The molecule has 0 aliphatic rings. The average molecular weight is 252 g/mol. The van der Waals surface area contributed by atoms with Crippen molar-refractivity contribution in [2.75, 3.05) is 5.88 Å². The molecule has 3 nitrogen and oxygen atoms in total. The van der Waals surface area contributed by atoms with Gasteiger partial charge in [-0.2, -0.15) is 0 Å². The Bertz CT molecular complexity index is 504. The summed E-state index contributed by atoms with van der Waals surface area (Å²) in [4.78, 5) is 8.74. The fourth-order valence-corrected chi connectivity index (χ4v) is 2.18. The molecule has 1 atom stereocenters. The van der Waals surface area contributed by atoms with Crippen LogP contribution < -0.4 is 0 Å². The second kappa shape index (κ2) is 5.05. The number of hydrogen-bond acceptors (Lipinski definition) is 2. The molecule has 1 unspecified atom stereocenters. The number of halogens is 1. The molecule has 2 aromatic heterocycles. The summed E-state index contributed by atoms with van der Waals surface area (Å²) in [7, 11) is 0. The van der Waals surface area contributed by atoms with Crippen molar-refractivity contribution in [1.29, 1.82) is 0 Å².